The molecule has 0 aliphatic rings. The fraction of sp³-hybridized carbons (Fsp3) is 0.200. The lowest BCUT2D eigenvalue weighted by Crippen LogP contribution is -2.22. The van der Waals surface area contributed by atoms with Gasteiger partial charge in [-0.05, 0) is 42.5 Å². The first-order chi connectivity index (χ1) is 9.44. The molecule has 5 heteroatoms. The molecule has 0 saturated carbocycles. The summed E-state index contributed by atoms with van der Waals surface area (Å²) in [5, 5.41) is 5.01. The van der Waals surface area contributed by atoms with Gasteiger partial charge < -0.3 is 0 Å². The molecule has 2 aromatic carbocycles. The van der Waals surface area contributed by atoms with Crippen LogP contribution in [-0.2, 0) is 23.1 Å². The molecule has 0 aliphatic heterocycles. The molecule has 106 valence electrons. The SMILES string of the molecule is Cc1ccc(CCc2ccccc2)cc1NS(N)(=O)=O. The molecule has 2 rings (SSSR count). The van der Waals surface area contributed by atoms with Crippen LogP contribution in [0.4, 0.5) is 5.69 Å². The van der Waals surface area contributed by atoms with E-state index in [0.29, 0.717) is 5.69 Å². The summed E-state index contributed by atoms with van der Waals surface area (Å²) in [5.41, 5.74) is 3.72. The van der Waals surface area contributed by atoms with E-state index in [1.165, 1.54) is 5.56 Å². The van der Waals surface area contributed by atoms with Gasteiger partial charge in [-0.25, -0.2) is 5.14 Å². The van der Waals surface area contributed by atoms with E-state index in [1.807, 2.05) is 43.3 Å². The van der Waals surface area contributed by atoms with Crippen molar-refractivity contribution in [3.05, 3.63) is 65.2 Å². The van der Waals surface area contributed by atoms with Crippen LogP contribution >= 0.6 is 0 Å². The Hall–Kier alpha value is -1.85. The van der Waals surface area contributed by atoms with Gasteiger partial charge >= 0.3 is 0 Å². The second kappa shape index (κ2) is 6.07. The van der Waals surface area contributed by atoms with Crippen molar-refractivity contribution in [1.29, 1.82) is 0 Å². The van der Waals surface area contributed by atoms with Gasteiger partial charge in [0.15, 0.2) is 0 Å². The van der Waals surface area contributed by atoms with Crippen molar-refractivity contribution in [2.24, 2.45) is 5.14 Å². The van der Waals surface area contributed by atoms with E-state index >= 15 is 0 Å². The lowest BCUT2D eigenvalue weighted by atomic mass is 10.0. The maximum Gasteiger partial charge on any atom is 0.296 e. The number of aryl methyl sites for hydroxylation is 3. The second-order valence-corrected chi connectivity index (χ2v) is 6.08. The molecule has 0 unspecified atom stereocenters. The topological polar surface area (TPSA) is 72.2 Å². The molecule has 20 heavy (non-hydrogen) atoms. The minimum atomic E-state index is -3.73. The summed E-state index contributed by atoms with van der Waals surface area (Å²) >= 11 is 0. The fourth-order valence-corrected chi connectivity index (χ4v) is 2.55. The van der Waals surface area contributed by atoms with E-state index in [-0.39, 0.29) is 0 Å². The van der Waals surface area contributed by atoms with E-state index in [4.69, 9.17) is 5.14 Å². The van der Waals surface area contributed by atoms with Gasteiger partial charge in [-0.1, -0.05) is 42.5 Å². The van der Waals surface area contributed by atoms with Crippen molar-refractivity contribution < 1.29 is 8.42 Å². The highest BCUT2D eigenvalue weighted by atomic mass is 32.2. The van der Waals surface area contributed by atoms with Gasteiger partial charge in [0, 0.05) is 0 Å². The number of hydrogen-bond acceptors (Lipinski definition) is 2. The van der Waals surface area contributed by atoms with Gasteiger partial charge in [0.2, 0.25) is 0 Å². The highest BCUT2D eigenvalue weighted by molar-refractivity contribution is 7.90. The molecule has 0 aliphatic carbocycles. The molecule has 2 aromatic rings. The van der Waals surface area contributed by atoms with Crippen molar-refractivity contribution in [2.45, 2.75) is 19.8 Å². The van der Waals surface area contributed by atoms with Crippen LogP contribution in [-0.4, -0.2) is 8.42 Å². The average Bonchev–Trinajstić information content (AvgIpc) is 2.39. The average molecular weight is 290 g/mol. The second-order valence-electron chi connectivity index (χ2n) is 4.78. The molecule has 0 radical (unpaired) electrons. The summed E-state index contributed by atoms with van der Waals surface area (Å²) in [6.45, 7) is 1.84. The predicted molar refractivity (Wildman–Crippen MR) is 81.8 cm³/mol. The summed E-state index contributed by atoms with van der Waals surface area (Å²) < 4.78 is 24.6. The lowest BCUT2D eigenvalue weighted by Gasteiger charge is -2.10. The first-order valence-electron chi connectivity index (χ1n) is 6.38. The van der Waals surface area contributed by atoms with Crippen LogP contribution in [0.15, 0.2) is 48.5 Å². The molecule has 0 saturated heterocycles. The van der Waals surface area contributed by atoms with Crippen molar-refractivity contribution in [1.82, 2.24) is 0 Å². The summed E-state index contributed by atoms with van der Waals surface area (Å²) in [7, 11) is -3.73. The highest BCUT2D eigenvalue weighted by Gasteiger charge is 2.06. The number of nitrogens with one attached hydrogen (secondary N) is 1. The molecular formula is C15H18N2O2S. The molecule has 0 atom stereocenters. The van der Waals surface area contributed by atoms with Crippen LogP contribution in [0.3, 0.4) is 0 Å². The van der Waals surface area contributed by atoms with Crippen LogP contribution in [0, 0.1) is 6.92 Å². The molecular weight excluding hydrogens is 272 g/mol. The van der Waals surface area contributed by atoms with E-state index in [1.54, 1.807) is 0 Å². The monoisotopic (exact) mass is 290 g/mol. The molecule has 0 bridgehead atoms. The van der Waals surface area contributed by atoms with Crippen molar-refractivity contribution in [3.8, 4) is 0 Å². The molecule has 4 nitrogen and oxygen atoms in total. The van der Waals surface area contributed by atoms with Crippen molar-refractivity contribution in [3.63, 3.8) is 0 Å². The first-order valence-corrected chi connectivity index (χ1v) is 7.93. The summed E-state index contributed by atoms with van der Waals surface area (Å²) in [6.07, 6.45) is 1.77. The minimum Gasteiger partial charge on any atom is -0.271 e. The highest BCUT2D eigenvalue weighted by Crippen LogP contribution is 2.19. The van der Waals surface area contributed by atoms with E-state index in [2.05, 4.69) is 16.9 Å². The van der Waals surface area contributed by atoms with Crippen LogP contribution in [0.25, 0.3) is 0 Å². The predicted octanol–water partition coefficient (Wildman–Crippen LogP) is 2.40. The maximum absolute atomic E-state index is 11.1. The van der Waals surface area contributed by atoms with E-state index in [0.717, 1.165) is 24.0 Å². The first kappa shape index (κ1) is 14.6. The lowest BCUT2D eigenvalue weighted by molar-refractivity contribution is 0.603. The molecule has 0 amide bonds. The van der Waals surface area contributed by atoms with Crippen LogP contribution in [0.2, 0.25) is 0 Å². The van der Waals surface area contributed by atoms with Crippen LogP contribution < -0.4 is 9.86 Å². The number of benzene rings is 2. The number of nitrogens with two attached hydrogens (primary N) is 1. The van der Waals surface area contributed by atoms with E-state index < -0.39 is 10.2 Å². The Balaban J connectivity index is 2.11. The third-order valence-electron chi connectivity index (χ3n) is 3.10. The smallest absolute Gasteiger partial charge is 0.271 e. The fourth-order valence-electron chi connectivity index (χ4n) is 2.02. The largest absolute Gasteiger partial charge is 0.296 e. The standard InChI is InChI=1S/C15H18N2O2S/c1-12-7-8-14(11-15(12)17-20(16,18)19)10-9-13-5-3-2-4-6-13/h2-8,11,17H,9-10H2,1H3,(H2,16,18,19). The zero-order valence-electron chi connectivity index (χ0n) is 11.3. The van der Waals surface area contributed by atoms with Gasteiger partial charge in [-0.2, -0.15) is 8.42 Å². The number of hydrogen-bond donors (Lipinski definition) is 2. The van der Waals surface area contributed by atoms with Gasteiger partial charge in [-0.3, -0.25) is 4.72 Å². The Morgan fingerprint density at radius 1 is 1.00 bits per heavy atom. The van der Waals surface area contributed by atoms with Crippen LogP contribution in [0.5, 0.6) is 0 Å². The van der Waals surface area contributed by atoms with E-state index in [9.17, 15) is 8.42 Å². The Bertz CT molecular complexity index is 682. The zero-order chi connectivity index (χ0) is 14.6. The Morgan fingerprint density at radius 2 is 1.65 bits per heavy atom. The summed E-state index contributed by atoms with van der Waals surface area (Å²) in [4.78, 5) is 0. The minimum absolute atomic E-state index is 0.540. The van der Waals surface area contributed by atoms with Gasteiger partial charge in [0.05, 0.1) is 5.69 Å². The maximum atomic E-state index is 11.1. The number of rotatable bonds is 5. The Morgan fingerprint density at radius 3 is 2.30 bits per heavy atom. The Kier molecular flexibility index (Phi) is 4.42. The third-order valence-corrected chi connectivity index (χ3v) is 3.60. The molecule has 0 heterocycles. The van der Waals surface area contributed by atoms with Crippen molar-refractivity contribution >= 4 is 15.9 Å². The quantitative estimate of drug-likeness (QED) is 0.887. The molecule has 0 aromatic heterocycles. The number of anilines is 1. The summed E-state index contributed by atoms with van der Waals surface area (Å²) in [5.74, 6) is 0. The zero-order valence-corrected chi connectivity index (χ0v) is 12.2. The van der Waals surface area contributed by atoms with Crippen LogP contribution in [0.1, 0.15) is 16.7 Å². The van der Waals surface area contributed by atoms with Gasteiger partial charge in [0.25, 0.3) is 10.2 Å². The van der Waals surface area contributed by atoms with Crippen molar-refractivity contribution in [2.75, 3.05) is 4.72 Å². The molecule has 3 N–H and O–H groups in total. The third kappa shape index (κ3) is 4.36. The Labute approximate surface area is 119 Å². The molecule has 0 fully saturated rings. The van der Waals surface area contributed by atoms with Gasteiger partial charge in [0.1, 0.15) is 0 Å². The summed E-state index contributed by atoms with van der Waals surface area (Å²) in [6, 6.07) is 15.9. The molecule has 0 spiro atoms. The normalized spacial score (nSPS) is 11.3. The van der Waals surface area contributed by atoms with Gasteiger partial charge in [-0.15, -0.1) is 0 Å².